The van der Waals surface area contributed by atoms with Gasteiger partial charge in [-0.2, -0.15) is 0 Å². The third kappa shape index (κ3) is 3.17. The molecule has 1 atom stereocenters. The molecular formula is C9H12N3O3-. The quantitative estimate of drug-likeness (QED) is 0.635. The Kier molecular flexibility index (Phi) is 3.56. The highest BCUT2D eigenvalue weighted by Gasteiger charge is 2.09. The van der Waals surface area contributed by atoms with Gasteiger partial charge in [0.05, 0.1) is 18.6 Å². The van der Waals surface area contributed by atoms with Gasteiger partial charge in [0.2, 0.25) is 5.95 Å². The SMILES string of the molecule is Cc1cc(C)nc(N[C@@H](CO)C(=O)[O-])n1. The van der Waals surface area contributed by atoms with Gasteiger partial charge in [0.15, 0.2) is 0 Å². The molecular weight excluding hydrogens is 198 g/mol. The van der Waals surface area contributed by atoms with Crippen molar-refractivity contribution in [2.24, 2.45) is 0 Å². The Morgan fingerprint density at radius 3 is 2.47 bits per heavy atom. The number of hydrogen-bond acceptors (Lipinski definition) is 6. The summed E-state index contributed by atoms with van der Waals surface area (Å²) in [7, 11) is 0. The number of nitrogens with one attached hydrogen (secondary N) is 1. The summed E-state index contributed by atoms with van der Waals surface area (Å²) in [5.41, 5.74) is 1.44. The first kappa shape index (κ1) is 11.4. The van der Waals surface area contributed by atoms with Gasteiger partial charge in [-0.25, -0.2) is 9.97 Å². The second-order valence-electron chi connectivity index (χ2n) is 3.17. The van der Waals surface area contributed by atoms with E-state index < -0.39 is 18.6 Å². The third-order valence-corrected chi connectivity index (χ3v) is 1.75. The van der Waals surface area contributed by atoms with Gasteiger partial charge < -0.3 is 20.3 Å². The Labute approximate surface area is 87.0 Å². The zero-order chi connectivity index (χ0) is 11.4. The number of rotatable bonds is 4. The van der Waals surface area contributed by atoms with Gasteiger partial charge in [-0.1, -0.05) is 0 Å². The number of aliphatic hydroxyl groups excluding tert-OH is 1. The summed E-state index contributed by atoms with van der Waals surface area (Å²) in [6.07, 6.45) is 0. The number of nitrogens with zero attached hydrogens (tertiary/aromatic N) is 2. The minimum absolute atomic E-state index is 0.177. The van der Waals surface area contributed by atoms with Crippen molar-refractivity contribution in [1.82, 2.24) is 9.97 Å². The number of carbonyl (C=O) groups excluding carboxylic acids is 1. The number of aryl methyl sites for hydroxylation is 2. The highest BCUT2D eigenvalue weighted by Crippen LogP contribution is 2.04. The van der Waals surface area contributed by atoms with E-state index in [1.165, 1.54) is 0 Å². The molecule has 6 nitrogen and oxygen atoms in total. The van der Waals surface area contributed by atoms with Crippen LogP contribution in [0.1, 0.15) is 11.4 Å². The molecule has 6 heteroatoms. The van der Waals surface area contributed by atoms with Gasteiger partial charge in [-0.3, -0.25) is 0 Å². The largest absolute Gasteiger partial charge is 0.548 e. The van der Waals surface area contributed by atoms with Gasteiger partial charge in [-0.05, 0) is 19.9 Å². The molecule has 0 radical (unpaired) electrons. The molecule has 0 aliphatic rings. The first-order chi connectivity index (χ1) is 7.02. The summed E-state index contributed by atoms with van der Waals surface area (Å²) in [6, 6.07) is 0.573. The lowest BCUT2D eigenvalue weighted by Gasteiger charge is -2.17. The number of anilines is 1. The van der Waals surface area contributed by atoms with Crippen LogP contribution >= 0.6 is 0 Å². The van der Waals surface area contributed by atoms with E-state index in [9.17, 15) is 9.90 Å². The molecule has 2 N–H and O–H groups in total. The van der Waals surface area contributed by atoms with Gasteiger partial charge >= 0.3 is 0 Å². The van der Waals surface area contributed by atoms with Crippen LogP contribution in [0, 0.1) is 13.8 Å². The van der Waals surface area contributed by atoms with E-state index in [-0.39, 0.29) is 5.95 Å². The summed E-state index contributed by atoms with van der Waals surface area (Å²) < 4.78 is 0. The molecule has 0 saturated heterocycles. The summed E-state index contributed by atoms with van der Waals surface area (Å²) in [5, 5.41) is 21.7. The number of aliphatic hydroxyl groups is 1. The number of carboxylic acids is 1. The lowest BCUT2D eigenvalue weighted by Crippen LogP contribution is -2.43. The van der Waals surface area contributed by atoms with Crippen molar-refractivity contribution >= 4 is 11.9 Å². The van der Waals surface area contributed by atoms with Crippen LogP contribution in [0.2, 0.25) is 0 Å². The van der Waals surface area contributed by atoms with Crippen LogP contribution in [0.25, 0.3) is 0 Å². The number of aliphatic carboxylic acids is 1. The number of aromatic nitrogens is 2. The molecule has 0 unspecified atom stereocenters. The highest BCUT2D eigenvalue weighted by atomic mass is 16.4. The second kappa shape index (κ2) is 4.70. The third-order valence-electron chi connectivity index (χ3n) is 1.75. The second-order valence-corrected chi connectivity index (χ2v) is 3.17. The van der Waals surface area contributed by atoms with Gasteiger partial charge in [0.1, 0.15) is 0 Å². The zero-order valence-corrected chi connectivity index (χ0v) is 8.52. The van der Waals surface area contributed by atoms with Crippen molar-refractivity contribution in [2.75, 3.05) is 11.9 Å². The van der Waals surface area contributed by atoms with E-state index in [0.29, 0.717) is 0 Å². The van der Waals surface area contributed by atoms with E-state index in [1.54, 1.807) is 19.9 Å². The molecule has 0 saturated carbocycles. The lowest BCUT2D eigenvalue weighted by molar-refractivity contribution is -0.307. The highest BCUT2D eigenvalue weighted by molar-refractivity contribution is 5.74. The summed E-state index contributed by atoms with van der Waals surface area (Å²) in [6.45, 7) is 2.97. The van der Waals surface area contributed by atoms with Crippen molar-refractivity contribution in [2.45, 2.75) is 19.9 Å². The molecule has 1 aromatic heterocycles. The van der Waals surface area contributed by atoms with E-state index in [2.05, 4.69) is 15.3 Å². The normalized spacial score (nSPS) is 12.2. The molecule has 1 rings (SSSR count). The molecule has 0 aromatic carbocycles. The average molecular weight is 210 g/mol. The molecule has 1 aromatic rings. The Hall–Kier alpha value is -1.69. The Balaban J connectivity index is 2.83. The van der Waals surface area contributed by atoms with Crippen molar-refractivity contribution in [3.8, 4) is 0 Å². The van der Waals surface area contributed by atoms with Gasteiger partial charge in [-0.15, -0.1) is 0 Å². The molecule has 1 heterocycles. The van der Waals surface area contributed by atoms with Gasteiger partial charge in [0.25, 0.3) is 0 Å². The fraction of sp³-hybridized carbons (Fsp3) is 0.444. The van der Waals surface area contributed by atoms with Crippen LogP contribution in [0.5, 0.6) is 0 Å². The standard InChI is InChI=1S/C9H13N3O3/c1-5-3-6(2)11-9(10-5)12-7(4-13)8(14)15/h3,7,13H,4H2,1-2H3,(H,14,15)(H,10,11,12)/p-1/t7-/m0/s1. The maximum absolute atomic E-state index is 10.5. The van der Waals surface area contributed by atoms with Gasteiger partial charge in [0, 0.05) is 11.4 Å². The molecule has 0 aliphatic heterocycles. The molecule has 0 spiro atoms. The lowest BCUT2D eigenvalue weighted by atomic mass is 10.3. The van der Waals surface area contributed by atoms with E-state index in [1.807, 2.05) is 0 Å². The maximum Gasteiger partial charge on any atom is 0.223 e. The number of hydrogen-bond donors (Lipinski definition) is 2. The van der Waals surface area contributed by atoms with E-state index in [4.69, 9.17) is 5.11 Å². The Morgan fingerprint density at radius 1 is 1.53 bits per heavy atom. The zero-order valence-electron chi connectivity index (χ0n) is 8.52. The molecule has 0 aliphatic carbocycles. The smallest absolute Gasteiger partial charge is 0.223 e. The molecule has 0 amide bonds. The van der Waals surface area contributed by atoms with Crippen LogP contribution in [0.15, 0.2) is 6.07 Å². The first-order valence-electron chi connectivity index (χ1n) is 4.43. The van der Waals surface area contributed by atoms with Crippen LogP contribution in [0.4, 0.5) is 5.95 Å². The predicted molar refractivity (Wildman–Crippen MR) is 51.0 cm³/mol. The maximum atomic E-state index is 10.5. The predicted octanol–water partition coefficient (Wildman–Crippen LogP) is -1.38. The topological polar surface area (TPSA) is 98.2 Å². The van der Waals surface area contributed by atoms with Crippen molar-refractivity contribution in [3.63, 3.8) is 0 Å². The van der Waals surface area contributed by atoms with Crippen LogP contribution in [-0.4, -0.2) is 33.7 Å². The summed E-state index contributed by atoms with van der Waals surface area (Å²) >= 11 is 0. The molecule has 15 heavy (non-hydrogen) atoms. The van der Waals surface area contributed by atoms with E-state index in [0.717, 1.165) is 11.4 Å². The fourth-order valence-electron chi connectivity index (χ4n) is 1.13. The minimum Gasteiger partial charge on any atom is -0.548 e. The summed E-state index contributed by atoms with van der Waals surface area (Å²) in [4.78, 5) is 18.5. The Morgan fingerprint density at radius 2 is 2.07 bits per heavy atom. The minimum atomic E-state index is -1.39. The van der Waals surface area contributed by atoms with E-state index >= 15 is 0 Å². The van der Waals surface area contributed by atoms with Crippen LogP contribution in [0.3, 0.4) is 0 Å². The fourth-order valence-corrected chi connectivity index (χ4v) is 1.13. The summed E-state index contributed by atoms with van der Waals surface area (Å²) in [5.74, 6) is -1.21. The monoisotopic (exact) mass is 210 g/mol. The Bertz CT molecular complexity index is 347. The van der Waals surface area contributed by atoms with Crippen molar-refractivity contribution in [1.29, 1.82) is 0 Å². The van der Waals surface area contributed by atoms with Crippen molar-refractivity contribution in [3.05, 3.63) is 17.5 Å². The number of carbonyl (C=O) groups is 1. The molecule has 0 fully saturated rings. The van der Waals surface area contributed by atoms with Crippen molar-refractivity contribution < 1.29 is 15.0 Å². The number of carboxylic acid groups (broad SMARTS) is 1. The first-order valence-corrected chi connectivity index (χ1v) is 4.43. The average Bonchev–Trinajstić information content (AvgIpc) is 2.12. The van der Waals surface area contributed by atoms with Crippen LogP contribution < -0.4 is 10.4 Å². The molecule has 82 valence electrons. The van der Waals surface area contributed by atoms with Crippen LogP contribution in [-0.2, 0) is 4.79 Å². The molecule has 0 bridgehead atoms.